The molecule has 1 aromatic rings. The molecule has 0 spiro atoms. The Morgan fingerprint density at radius 2 is 2.00 bits per heavy atom. The van der Waals surface area contributed by atoms with Gasteiger partial charge in [-0.05, 0) is 42.1 Å². The second-order valence-electron chi connectivity index (χ2n) is 7.32. The summed E-state index contributed by atoms with van der Waals surface area (Å²) in [4.78, 5) is 0. The van der Waals surface area contributed by atoms with Crippen LogP contribution in [-0.4, -0.2) is 6.04 Å². The Morgan fingerprint density at radius 3 is 2.63 bits per heavy atom. The van der Waals surface area contributed by atoms with Crippen molar-refractivity contribution in [2.45, 2.75) is 52.6 Å². The fourth-order valence-corrected chi connectivity index (χ4v) is 4.67. The lowest BCUT2D eigenvalue weighted by molar-refractivity contribution is 0.107. The Balaban J connectivity index is 1.75. The highest BCUT2D eigenvalue weighted by atomic mass is 19.1. The largest absolute Gasteiger partial charge is 0.309 e. The SMILES string of the molecule is CC1(C)C(NCc2ccccc2F)[C@]2(C)CC[C@H]1C2. The van der Waals surface area contributed by atoms with Gasteiger partial charge in [-0.1, -0.05) is 39.0 Å². The first kappa shape index (κ1) is 13.1. The van der Waals surface area contributed by atoms with Crippen molar-refractivity contribution in [3.05, 3.63) is 35.6 Å². The Hall–Kier alpha value is -0.890. The Bertz CT molecular complexity index is 477. The van der Waals surface area contributed by atoms with Gasteiger partial charge in [0.25, 0.3) is 0 Å². The summed E-state index contributed by atoms with van der Waals surface area (Å²) in [5.41, 5.74) is 1.52. The van der Waals surface area contributed by atoms with Crippen molar-refractivity contribution in [3.63, 3.8) is 0 Å². The Morgan fingerprint density at radius 1 is 1.26 bits per heavy atom. The predicted molar refractivity (Wildman–Crippen MR) is 76.3 cm³/mol. The molecule has 3 rings (SSSR count). The van der Waals surface area contributed by atoms with E-state index in [0.29, 0.717) is 23.4 Å². The van der Waals surface area contributed by atoms with Crippen molar-refractivity contribution >= 4 is 0 Å². The molecule has 0 heterocycles. The number of fused-ring (bicyclic) bond motifs is 2. The van der Waals surface area contributed by atoms with Gasteiger partial charge >= 0.3 is 0 Å². The molecular formula is C17H24FN. The first-order valence-corrected chi connectivity index (χ1v) is 7.40. The molecule has 1 N–H and O–H groups in total. The summed E-state index contributed by atoms with van der Waals surface area (Å²) in [7, 11) is 0. The first-order chi connectivity index (χ1) is 8.93. The van der Waals surface area contributed by atoms with E-state index in [9.17, 15) is 4.39 Å². The molecule has 2 fully saturated rings. The minimum atomic E-state index is -0.0962. The van der Waals surface area contributed by atoms with Crippen LogP contribution in [-0.2, 0) is 6.54 Å². The van der Waals surface area contributed by atoms with Crippen LogP contribution in [0.4, 0.5) is 4.39 Å². The molecule has 1 nitrogen and oxygen atoms in total. The molecule has 0 amide bonds. The third-order valence-corrected chi connectivity index (χ3v) is 5.72. The van der Waals surface area contributed by atoms with Crippen LogP contribution in [0, 0.1) is 22.6 Å². The second kappa shape index (κ2) is 4.31. The number of nitrogens with one attached hydrogen (secondary N) is 1. The summed E-state index contributed by atoms with van der Waals surface area (Å²) in [5.74, 6) is 0.733. The molecule has 104 valence electrons. The average Bonchev–Trinajstić information content (AvgIpc) is 2.82. The zero-order chi connectivity index (χ0) is 13.7. The van der Waals surface area contributed by atoms with Crippen molar-refractivity contribution < 1.29 is 4.39 Å². The first-order valence-electron chi connectivity index (χ1n) is 7.40. The van der Waals surface area contributed by atoms with Crippen LogP contribution in [0.5, 0.6) is 0 Å². The van der Waals surface area contributed by atoms with E-state index >= 15 is 0 Å². The highest BCUT2D eigenvalue weighted by Gasteiger charge is 2.58. The van der Waals surface area contributed by atoms with Gasteiger partial charge in [-0.25, -0.2) is 4.39 Å². The third-order valence-electron chi connectivity index (χ3n) is 5.72. The molecule has 1 unspecified atom stereocenters. The fourth-order valence-electron chi connectivity index (χ4n) is 4.67. The van der Waals surface area contributed by atoms with E-state index in [2.05, 4.69) is 26.1 Å². The van der Waals surface area contributed by atoms with E-state index in [1.165, 1.54) is 19.3 Å². The fraction of sp³-hybridized carbons (Fsp3) is 0.647. The Labute approximate surface area is 115 Å². The molecular weight excluding hydrogens is 237 g/mol. The molecule has 0 saturated heterocycles. The predicted octanol–water partition coefficient (Wildman–Crippen LogP) is 4.13. The number of halogens is 1. The van der Waals surface area contributed by atoms with Crippen molar-refractivity contribution in [3.8, 4) is 0 Å². The standard InChI is InChI=1S/C17H24FN/c1-16(2)13-8-9-17(3,10-13)15(16)19-11-12-6-4-5-7-14(12)18/h4-7,13,15,19H,8-11H2,1-3H3/t13-,15?,17+/m0/s1. The van der Waals surface area contributed by atoms with Crippen molar-refractivity contribution in [2.24, 2.45) is 16.7 Å². The van der Waals surface area contributed by atoms with Gasteiger partial charge in [0, 0.05) is 18.2 Å². The molecule has 2 saturated carbocycles. The lowest BCUT2D eigenvalue weighted by atomic mass is 9.68. The molecule has 0 aromatic heterocycles. The molecule has 1 aromatic carbocycles. The maximum absolute atomic E-state index is 13.7. The molecule has 2 aliphatic rings. The van der Waals surface area contributed by atoms with Crippen LogP contribution in [0.3, 0.4) is 0 Å². The zero-order valence-electron chi connectivity index (χ0n) is 12.2. The van der Waals surface area contributed by atoms with Crippen LogP contribution in [0.15, 0.2) is 24.3 Å². The molecule has 2 heteroatoms. The van der Waals surface area contributed by atoms with Gasteiger partial charge in [-0.2, -0.15) is 0 Å². The molecule has 0 aliphatic heterocycles. The molecule has 2 aliphatic carbocycles. The molecule has 2 bridgehead atoms. The van der Waals surface area contributed by atoms with E-state index in [-0.39, 0.29) is 5.82 Å². The van der Waals surface area contributed by atoms with Crippen LogP contribution < -0.4 is 5.32 Å². The van der Waals surface area contributed by atoms with E-state index in [1.807, 2.05) is 12.1 Å². The van der Waals surface area contributed by atoms with Crippen molar-refractivity contribution in [1.82, 2.24) is 5.32 Å². The van der Waals surface area contributed by atoms with Gasteiger partial charge in [0.15, 0.2) is 0 Å². The lowest BCUT2D eigenvalue weighted by Gasteiger charge is -2.43. The van der Waals surface area contributed by atoms with Gasteiger partial charge in [-0.3, -0.25) is 0 Å². The Kier molecular flexibility index (Phi) is 2.97. The summed E-state index contributed by atoms with van der Waals surface area (Å²) in [6.45, 7) is 7.80. The normalized spacial score (nSPS) is 35.8. The highest BCUT2D eigenvalue weighted by molar-refractivity contribution is 5.18. The van der Waals surface area contributed by atoms with E-state index in [1.54, 1.807) is 12.1 Å². The maximum Gasteiger partial charge on any atom is 0.127 e. The second-order valence-corrected chi connectivity index (χ2v) is 7.32. The van der Waals surface area contributed by atoms with Crippen LogP contribution in [0.2, 0.25) is 0 Å². The molecule has 3 atom stereocenters. The number of benzene rings is 1. The molecule has 19 heavy (non-hydrogen) atoms. The van der Waals surface area contributed by atoms with Crippen molar-refractivity contribution in [1.29, 1.82) is 0 Å². The minimum absolute atomic E-state index is 0.0962. The third kappa shape index (κ3) is 2.01. The number of rotatable bonds is 3. The highest BCUT2D eigenvalue weighted by Crippen LogP contribution is 2.62. The number of hydrogen-bond donors (Lipinski definition) is 1. The quantitative estimate of drug-likeness (QED) is 0.862. The van der Waals surface area contributed by atoms with E-state index in [0.717, 1.165) is 11.5 Å². The number of hydrogen-bond acceptors (Lipinski definition) is 1. The summed E-state index contributed by atoms with van der Waals surface area (Å²) < 4.78 is 13.7. The van der Waals surface area contributed by atoms with Gasteiger partial charge in [0.05, 0.1) is 0 Å². The topological polar surface area (TPSA) is 12.0 Å². The monoisotopic (exact) mass is 261 g/mol. The van der Waals surface area contributed by atoms with Gasteiger partial charge in [0.1, 0.15) is 5.82 Å². The van der Waals surface area contributed by atoms with Crippen LogP contribution in [0.1, 0.15) is 45.6 Å². The summed E-state index contributed by atoms with van der Waals surface area (Å²) >= 11 is 0. The smallest absolute Gasteiger partial charge is 0.127 e. The van der Waals surface area contributed by atoms with Gasteiger partial charge in [-0.15, -0.1) is 0 Å². The molecule has 0 radical (unpaired) electrons. The lowest BCUT2D eigenvalue weighted by Crippen LogP contribution is -2.50. The van der Waals surface area contributed by atoms with Crippen LogP contribution in [0.25, 0.3) is 0 Å². The summed E-state index contributed by atoms with van der Waals surface area (Å²) in [6.07, 6.45) is 4.01. The van der Waals surface area contributed by atoms with Crippen LogP contribution >= 0.6 is 0 Å². The van der Waals surface area contributed by atoms with Gasteiger partial charge in [0.2, 0.25) is 0 Å². The maximum atomic E-state index is 13.7. The minimum Gasteiger partial charge on any atom is -0.309 e. The van der Waals surface area contributed by atoms with Gasteiger partial charge < -0.3 is 5.32 Å². The average molecular weight is 261 g/mol. The zero-order valence-corrected chi connectivity index (χ0v) is 12.2. The van der Waals surface area contributed by atoms with Crippen molar-refractivity contribution in [2.75, 3.05) is 0 Å². The summed E-state index contributed by atoms with van der Waals surface area (Å²) in [5, 5.41) is 3.66. The van der Waals surface area contributed by atoms with E-state index in [4.69, 9.17) is 0 Å². The summed E-state index contributed by atoms with van der Waals surface area (Å²) in [6, 6.07) is 7.59. The van der Waals surface area contributed by atoms with E-state index < -0.39 is 0 Å².